The average Bonchev–Trinajstić information content (AvgIpc) is 3.31. The highest BCUT2D eigenvalue weighted by atomic mass is 16.5. The molecule has 178 valence electrons. The minimum absolute atomic E-state index is 0.108. The van der Waals surface area contributed by atoms with Crippen molar-refractivity contribution in [2.45, 2.75) is 6.42 Å². The van der Waals surface area contributed by atoms with Crippen molar-refractivity contribution in [3.63, 3.8) is 0 Å². The molecule has 35 heavy (non-hydrogen) atoms. The fourth-order valence-electron chi connectivity index (χ4n) is 3.70. The predicted molar refractivity (Wildman–Crippen MR) is 134 cm³/mol. The monoisotopic (exact) mass is 470 g/mol. The highest BCUT2D eigenvalue weighted by Crippen LogP contribution is 2.27. The second-order valence-electron chi connectivity index (χ2n) is 7.73. The summed E-state index contributed by atoms with van der Waals surface area (Å²) in [7, 11) is 3.02. The average molecular weight is 471 g/mol. The number of H-pyrrole nitrogens is 1. The Hall–Kier alpha value is -4.59. The molecule has 0 aliphatic heterocycles. The number of nitrogens with zero attached hydrogens (tertiary/aromatic N) is 1. The van der Waals surface area contributed by atoms with Gasteiger partial charge in [0, 0.05) is 41.6 Å². The molecule has 2 aromatic carbocycles. The summed E-state index contributed by atoms with van der Waals surface area (Å²) in [6.07, 6.45) is 7.43. The first-order chi connectivity index (χ1) is 17.1. The van der Waals surface area contributed by atoms with Crippen LogP contribution in [0.5, 0.6) is 11.5 Å². The lowest BCUT2D eigenvalue weighted by atomic mass is 10.1. The van der Waals surface area contributed by atoms with Gasteiger partial charge < -0.3 is 25.1 Å². The third kappa shape index (κ3) is 5.67. The third-order valence-corrected chi connectivity index (χ3v) is 5.49. The van der Waals surface area contributed by atoms with Crippen LogP contribution in [0.1, 0.15) is 21.5 Å². The van der Waals surface area contributed by atoms with Crippen molar-refractivity contribution in [3.8, 4) is 11.5 Å². The highest BCUT2D eigenvalue weighted by molar-refractivity contribution is 6.05. The molecule has 2 heterocycles. The molecule has 2 amide bonds. The molecule has 0 radical (unpaired) electrons. The molecule has 0 atom stereocenters. The van der Waals surface area contributed by atoms with Crippen molar-refractivity contribution in [2.24, 2.45) is 0 Å². The van der Waals surface area contributed by atoms with Gasteiger partial charge in [-0.3, -0.25) is 14.6 Å². The van der Waals surface area contributed by atoms with E-state index in [1.165, 1.54) is 14.2 Å². The summed E-state index contributed by atoms with van der Waals surface area (Å²) < 4.78 is 10.5. The summed E-state index contributed by atoms with van der Waals surface area (Å²) in [4.78, 5) is 33.4. The molecule has 0 bridgehead atoms. The van der Waals surface area contributed by atoms with E-state index in [0.29, 0.717) is 35.6 Å². The van der Waals surface area contributed by atoms with Gasteiger partial charge in [-0.2, -0.15) is 0 Å². The van der Waals surface area contributed by atoms with Crippen LogP contribution in [0.2, 0.25) is 0 Å². The van der Waals surface area contributed by atoms with Crippen LogP contribution >= 0.6 is 0 Å². The molecular formula is C27H26N4O4. The highest BCUT2D eigenvalue weighted by Gasteiger charge is 2.17. The number of aromatic amines is 1. The molecule has 0 saturated heterocycles. The van der Waals surface area contributed by atoms with Gasteiger partial charge in [-0.25, -0.2) is 0 Å². The molecular weight excluding hydrogens is 444 g/mol. The van der Waals surface area contributed by atoms with Crippen LogP contribution in [0.25, 0.3) is 17.0 Å². The Morgan fingerprint density at radius 3 is 2.63 bits per heavy atom. The Morgan fingerprint density at radius 1 is 1.03 bits per heavy atom. The van der Waals surface area contributed by atoms with Gasteiger partial charge in [0.1, 0.15) is 5.70 Å². The lowest BCUT2D eigenvalue weighted by Crippen LogP contribution is -2.35. The summed E-state index contributed by atoms with van der Waals surface area (Å²) in [5, 5.41) is 6.75. The number of nitrogens with one attached hydrogen (secondary N) is 3. The second kappa shape index (κ2) is 11.0. The van der Waals surface area contributed by atoms with E-state index in [4.69, 9.17) is 9.47 Å². The molecule has 0 fully saturated rings. The number of aromatic nitrogens is 2. The zero-order valence-corrected chi connectivity index (χ0v) is 19.5. The van der Waals surface area contributed by atoms with E-state index in [1.54, 1.807) is 48.8 Å². The van der Waals surface area contributed by atoms with Gasteiger partial charge in [-0.15, -0.1) is 0 Å². The summed E-state index contributed by atoms with van der Waals surface area (Å²) in [6.45, 7) is 0.400. The zero-order valence-electron chi connectivity index (χ0n) is 19.5. The number of pyridine rings is 1. The molecule has 3 N–H and O–H groups in total. The Balaban J connectivity index is 1.50. The lowest BCUT2D eigenvalue weighted by molar-refractivity contribution is -0.117. The van der Waals surface area contributed by atoms with Crippen LogP contribution in [0, 0.1) is 0 Å². The van der Waals surface area contributed by atoms with Crippen molar-refractivity contribution in [3.05, 3.63) is 95.6 Å². The second-order valence-corrected chi connectivity index (χ2v) is 7.73. The maximum absolute atomic E-state index is 13.1. The van der Waals surface area contributed by atoms with Crippen LogP contribution in [-0.4, -0.2) is 42.5 Å². The number of amides is 2. The first-order valence-corrected chi connectivity index (χ1v) is 11.1. The van der Waals surface area contributed by atoms with Crippen LogP contribution < -0.4 is 20.1 Å². The van der Waals surface area contributed by atoms with E-state index >= 15 is 0 Å². The number of benzene rings is 2. The number of carbonyl (C=O) groups is 2. The Labute approximate surface area is 203 Å². The standard InChI is InChI=1S/C27H26N4O4/c1-34-24-10-9-19(15-25(24)35-2)26(32)31-23(14-18-6-5-12-28-16-18)27(33)29-13-11-20-17-30-22-8-4-3-7-21(20)22/h3-10,12,14-17,30H,11,13H2,1-2H3,(H,29,33)(H,31,32). The fourth-order valence-corrected chi connectivity index (χ4v) is 3.70. The van der Waals surface area contributed by atoms with Gasteiger partial charge in [0.15, 0.2) is 11.5 Å². The van der Waals surface area contributed by atoms with Crippen molar-refractivity contribution in [1.29, 1.82) is 0 Å². The van der Waals surface area contributed by atoms with Crippen LogP contribution in [0.15, 0.2) is 78.9 Å². The number of fused-ring (bicyclic) bond motifs is 1. The minimum atomic E-state index is -0.451. The van der Waals surface area contributed by atoms with Gasteiger partial charge in [0.05, 0.1) is 14.2 Å². The summed E-state index contributed by atoms with van der Waals surface area (Å²) >= 11 is 0. The van der Waals surface area contributed by atoms with Crippen LogP contribution in [-0.2, 0) is 11.2 Å². The molecule has 0 aliphatic rings. The number of hydrogen-bond donors (Lipinski definition) is 3. The van der Waals surface area contributed by atoms with Gasteiger partial charge in [-0.05, 0) is 54.0 Å². The van der Waals surface area contributed by atoms with Gasteiger partial charge in [-0.1, -0.05) is 24.3 Å². The SMILES string of the molecule is COc1ccc(C(=O)NC(=Cc2cccnc2)C(=O)NCCc2c[nH]c3ccccc23)cc1OC. The summed E-state index contributed by atoms with van der Waals surface area (Å²) in [5.74, 6) is 0.0710. The molecule has 4 rings (SSSR count). The Morgan fingerprint density at radius 2 is 1.86 bits per heavy atom. The smallest absolute Gasteiger partial charge is 0.267 e. The largest absolute Gasteiger partial charge is 0.493 e. The maximum Gasteiger partial charge on any atom is 0.267 e. The van der Waals surface area contributed by atoms with Crippen molar-refractivity contribution >= 4 is 28.8 Å². The fraction of sp³-hybridized carbons (Fsp3) is 0.148. The lowest BCUT2D eigenvalue weighted by Gasteiger charge is -2.13. The predicted octanol–water partition coefficient (Wildman–Crippen LogP) is 3.71. The number of ether oxygens (including phenoxy) is 2. The summed E-state index contributed by atoms with van der Waals surface area (Å²) in [6, 6.07) is 16.4. The molecule has 0 spiro atoms. The maximum atomic E-state index is 13.1. The molecule has 8 nitrogen and oxygen atoms in total. The number of para-hydroxylation sites is 1. The number of methoxy groups -OCH3 is 2. The van der Waals surface area contributed by atoms with Gasteiger partial charge in [0.25, 0.3) is 11.8 Å². The molecule has 4 aromatic rings. The van der Waals surface area contributed by atoms with Crippen molar-refractivity contribution < 1.29 is 19.1 Å². The van der Waals surface area contributed by atoms with E-state index in [2.05, 4.69) is 20.6 Å². The molecule has 0 saturated carbocycles. The van der Waals surface area contributed by atoms with Crippen LogP contribution in [0.4, 0.5) is 0 Å². The van der Waals surface area contributed by atoms with E-state index in [1.807, 2.05) is 30.5 Å². The minimum Gasteiger partial charge on any atom is -0.493 e. The van der Waals surface area contributed by atoms with E-state index in [-0.39, 0.29) is 5.70 Å². The van der Waals surface area contributed by atoms with E-state index in [0.717, 1.165) is 16.5 Å². The number of hydrogen-bond acceptors (Lipinski definition) is 5. The first kappa shape index (κ1) is 23.6. The van der Waals surface area contributed by atoms with E-state index in [9.17, 15) is 9.59 Å². The zero-order chi connectivity index (χ0) is 24.6. The molecule has 0 unspecified atom stereocenters. The van der Waals surface area contributed by atoms with E-state index < -0.39 is 11.8 Å². The molecule has 0 aliphatic carbocycles. The quantitative estimate of drug-likeness (QED) is 0.324. The Bertz CT molecular complexity index is 1360. The van der Waals surface area contributed by atoms with Gasteiger partial charge >= 0.3 is 0 Å². The molecule has 2 aromatic heterocycles. The van der Waals surface area contributed by atoms with Gasteiger partial charge in [0.2, 0.25) is 0 Å². The first-order valence-electron chi connectivity index (χ1n) is 11.1. The number of carbonyl (C=O) groups excluding carboxylic acids is 2. The number of rotatable bonds is 9. The third-order valence-electron chi connectivity index (χ3n) is 5.49. The molecule has 8 heteroatoms. The Kier molecular flexibility index (Phi) is 7.42. The topological polar surface area (TPSA) is 105 Å². The summed E-state index contributed by atoms with van der Waals surface area (Å²) in [5.41, 5.74) is 3.27. The normalized spacial score (nSPS) is 11.2. The van der Waals surface area contributed by atoms with Crippen molar-refractivity contribution in [1.82, 2.24) is 20.6 Å². The van der Waals surface area contributed by atoms with Crippen LogP contribution in [0.3, 0.4) is 0 Å². The van der Waals surface area contributed by atoms with Crippen molar-refractivity contribution in [2.75, 3.05) is 20.8 Å².